The van der Waals surface area contributed by atoms with Gasteiger partial charge < -0.3 is 5.11 Å². The zero-order chi connectivity index (χ0) is 16.3. The summed E-state index contributed by atoms with van der Waals surface area (Å²) in [6.45, 7) is 1.39. The van der Waals surface area contributed by atoms with Gasteiger partial charge in [0.2, 0.25) is 0 Å². The molecule has 4 nitrogen and oxygen atoms in total. The standard InChI is InChI=1S/C15H11ClF2N2O2/c1-8(11-6-9(17)7-13(18)14(11)21)19-20-15(22)10-4-2-3-5-12(10)16/h2-7,21H,1H3,(H,20,22). The lowest BCUT2D eigenvalue weighted by Gasteiger charge is -2.07. The lowest BCUT2D eigenvalue weighted by atomic mass is 10.1. The molecule has 22 heavy (non-hydrogen) atoms. The average Bonchev–Trinajstić information content (AvgIpc) is 2.48. The number of aromatic hydroxyl groups is 1. The smallest absolute Gasteiger partial charge is 0.272 e. The molecule has 2 N–H and O–H groups in total. The highest BCUT2D eigenvalue weighted by molar-refractivity contribution is 6.33. The Morgan fingerprint density at radius 3 is 2.59 bits per heavy atom. The Labute approximate surface area is 130 Å². The first kappa shape index (κ1) is 15.9. The number of carbonyl (C=O) groups excluding carboxylic acids is 1. The number of carbonyl (C=O) groups is 1. The van der Waals surface area contributed by atoms with E-state index in [0.717, 1.165) is 6.07 Å². The summed E-state index contributed by atoms with van der Waals surface area (Å²) < 4.78 is 26.4. The van der Waals surface area contributed by atoms with Crippen molar-refractivity contribution in [1.29, 1.82) is 0 Å². The molecule has 1 amide bonds. The van der Waals surface area contributed by atoms with E-state index < -0.39 is 23.3 Å². The van der Waals surface area contributed by atoms with Crippen LogP contribution in [0.25, 0.3) is 0 Å². The molecule has 0 aliphatic carbocycles. The minimum Gasteiger partial charge on any atom is -0.504 e. The van der Waals surface area contributed by atoms with Crippen molar-refractivity contribution in [1.82, 2.24) is 5.43 Å². The molecule has 0 saturated carbocycles. The number of nitrogens with zero attached hydrogens (tertiary/aromatic N) is 1. The molecule has 0 fully saturated rings. The van der Waals surface area contributed by atoms with E-state index in [1.165, 1.54) is 13.0 Å². The fraction of sp³-hybridized carbons (Fsp3) is 0.0667. The van der Waals surface area contributed by atoms with Crippen molar-refractivity contribution in [3.63, 3.8) is 0 Å². The van der Waals surface area contributed by atoms with Gasteiger partial charge in [0.1, 0.15) is 5.82 Å². The number of rotatable bonds is 3. The van der Waals surface area contributed by atoms with Gasteiger partial charge in [-0.05, 0) is 25.1 Å². The molecule has 0 heterocycles. The normalized spacial score (nSPS) is 11.4. The molecular weight excluding hydrogens is 314 g/mol. The second kappa shape index (κ2) is 6.53. The molecule has 114 valence electrons. The molecule has 0 unspecified atom stereocenters. The maximum atomic E-state index is 13.3. The van der Waals surface area contributed by atoms with Crippen LogP contribution in [-0.4, -0.2) is 16.7 Å². The number of phenols is 1. The van der Waals surface area contributed by atoms with E-state index in [-0.39, 0.29) is 21.9 Å². The van der Waals surface area contributed by atoms with Gasteiger partial charge in [0, 0.05) is 11.6 Å². The summed E-state index contributed by atoms with van der Waals surface area (Å²) in [5.41, 5.74) is 2.30. The van der Waals surface area contributed by atoms with Gasteiger partial charge >= 0.3 is 0 Å². The summed E-state index contributed by atoms with van der Waals surface area (Å²) >= 11 is 5.87. The van der Waals surface area contributed by atoms with Crippen molar-refractivity contribution >= 4 is 23.2 Å². The first-order chi connectivity index (χ1) is 10.4. The van der Waals surface area contributed by atoms with E-state index in [0.29, 0.717) is 6.07 Å². The highest BCUT2D eigenvalue weighted by Gasteiger charge is 2.14. The summed E-state index contributed by atoms with van der Waals surface area (Å²) in [7, 11) is 0. The third-order valence-corrected chi connectivity index (χ3v) is 3.19. The van der Waals surface area contributed by atoms with Crippen molar-refractivity contribution in [2.75, 3.05) is 0 Å². The first-order valence-electron chi connectivity index (χ1n) is 6.17. The minimum absolute atomic E-state index is 0.0382. The number of hydrogen-bond donors (Lipinski definition) is 2. The van der Waals surface area contributed by atoms with Crippen molar-refractivity contribution in [2.24, 2.45) is 5.10 Å². The van der Waals surface area contributed by atoms with Crippen LogP contribution in [0.2, 0.25) is 5.02 Å². The van der Waals surface area contributed by atoms with Gasteiger partial charge in [-0.15, -0.1) is 0 Å². The molecule has 0 spiro atoms. The monoisotopic (exact) mass is 324 g/mol. The predicted octanol–water partition coefficient (Wildman–Crippen LogP) is 3.48. The van der Waals surface area contributed by atoms with Gasteiger partial charge in [-0.3, -0.25) is 4.79 Å². The van der Waals surface area contributed by atoms with E-state index in [9.17, 15) is 18.7 Å². The van der Waals surface area contributed by atoms with Crippen LogP contribution >= 0.6 is 11.6 Å². The Hall–Kier alpha value is -2.47. The maximum absolute atomic E-state index is 13.3. The number of benzene rings is 2. The van der Waals surface area contributed by atoms with Crippen LogP contribution in [0.4, 0.5) is 8.78 Å². The molecule has 0 aliphatic heterocycles. The van der Waals surface area contributed by atoms with Crippen LogP contribution in [0.5, 0.6) is 5.75 Å². The molecule has 0 saturated heterocycles. The maximum Gasteiger partial charge on any atom is 0.272 e. The first-order valence-corrected chi connectivity index (χ1v) is 6.55. The fourth-order valence-electron chi connectivity index (χ4n) is 1.74. The molecule has 2 rings (SSSR count). The van der Waals surface area contributed by atoms with Crippen molar-refractivity contribution in [3.8, 4) is 5.75 Å². The number of halogens is 3. The lowest BCUT2D eigenvalue weighted by Crippen LogP contribution is -2.19. The molecule has 0 atom stereocenters. The molecular formula is C15H11ClF2N2O2. The lowest BCUT2D eigenvalue weighted by molar-refractivity contribution is 0.0955. The molecule has 0 aliphatic rings. The summed E-state index contributed by atoms with van der Waals surface area (Å²) in [6.07, 6.45) is 0. The largest absolute Gasteiger partial charge is 0.504 e. The van der Waals surface area contributed by atoms with Crippen molar-refractivity contribution < 1.29 is 18.7 Å². The van der Waals surface area contributed by atoms with Crippen LogP contribution in [-0.2, 0) is 0 Å². The molecule has 2 aromatic carbocycles. The summed E-state index contributed by atoms with van der Waals surface area (Å²) in [4.78, 5) is 11.9. The van der Waals surface area contributed by atoms with Gasteiger partial charge in [0.15, 0.2) is 11.6 Å². The Morgan fingerprint density at radius 2 is 1.91 bits per heavy atom. The van der Waals surface area contributed by atoms with E-state index in [4.69, 9.17) is 11.6 Å². The fourth-order valence-corrected chi connectivity index (χ4v) is 1.96. The van der Waals surface area contributed by atoms with Crippen LogP contribution in [0.15, 0.2) is 41.5 Å². The minimum atomic E-state index is -1.11. The van der Waals surface area contributed by atoms with Gasteiger partial charge in [-0.1, -0.05) is 23.7 Å². The SMILES string of the molecule is CC(=NNC(=O)c1ccccc1Cl)c1cc(F)cc(F)c1O. The number of nitrogens with one attached hydrogen (secondary N) is 1. The molecule has 0 radical (unpaired) electrons. The second-order valence-corrected chi connectivity index (χ2v) is 4.81. The second-order valence-electron chi connectivity index (χ2n) is 4.40. The molecule has 0 bridgehead atoms. The van der Waals surface area contributed by atoms with E-state index in [1.54, 1.807) is 18.2 Å². The zero-order valence-corrected chi connectivity index (χ0v) is 12.2. The Morgan fingerprint density at radius 1 is 1.23 bits per heavy atom. The molecule has 2 aromatic rings. The van der Waals surface area contributed by atoms with Crippen LogP contribution in [0.3, 0.4) is 0 Å². The van der Waals surface area contributed by atoms with Crippen molar-refractivity contribution in [3.05, 3.63) is 64.2 Å². The van der Waals surface area contributed by atoms with Crippen LogP contribution < -0.4 is 5.43 Å². The van der Waals surface area contributed by atoms with Gasteiger partial charge in [-0.2, -0.15) is 5.10 Å². The third-order valence-electron chi connectivity index (χ3n) is 2.86. The Bertz CT molecular complexity index is 763. The third kappa shape index (κ3) is 3.40. The molecule has 0 aromatic heterocycles. The number of phenolic OH excluding ortho intramolecular Hbond substituents is 1. The average molecular weight is 325 g/mol. The van der Waals surface area contributed by atoms with Crippen LogP contribution in [0, 0.1) is 11.6 Å². The van der Waals surface area contributed by atoms with E-state index in [2.05, 4.69) is 10.5 Å². The van der Waals surface area contributed by atoms with Crippen molar-refractivity contribution in [2.45, 2.75) is 6.92 Å². The number of amides is 1. The van der Waals surface area contributed by atoms with E-state index in [1.807, 2.05) is 0 Å². The van der Waals surface area contributed by atoms with E-state index >= 15 is 0 Å². The summed E-state index contributed by atoms with van der Waals surface area (Å²) in [5.74, 6) is -3.30. The Balaban J connectivity index is 2.24. The summed E-state index contributed by atoms with van der Waals surface area (Å²) in [6, 6.07) is 7.81. The molecule has 7 heteroatoms. The zero-order valence-electron chi connectivity index (χ0n) is 11.4. The number of hydrazone groups is 1. The van der Waals surface area contributed by atoms with Gasteiger partial charge in [0.05, 0.1) is 16.3 Å². The Kier molecular flexibility index (Phi) is 4.72. The van der Waals surface area contributed by atoms with Gasteiger partial charge in [-0.25, -0.2) is 14.2 Å². The number of hydrogen-bond acceptors (Lipinski definition) is 3. The highest BCUT2D eigenvalue weighted by atomic mass is 35.5. The van der Waals surface area contributed by atoms with Crippen LogP contribution in [0.1, 0.15) is 22.8 Å². The quantitative estimate of drug-likeness (QED) is 0.670. The summed E-state index contributed by atoms with van der Waals surface area (Å²) in [5, 5.41) is 13.5. The topological polar surface area (TPSA) is 61.7 Å². The highest BCUT2D eigenvalue weighted by Crippen LogP contribution is 2.23. The van der Waals surface area contributed by atoms with Gasteiger partial charge in [0.25, 0.3) is 5.91 Å². The predicted molar refractivity (Wildman–Crippen MR) is 79.2 cm³/mol.